The summed E-state index contributed by atoms with van der Waals surface area (Å²) in [6, 6.07) is 11.1. The van der Waals surface area contributed by atoms with Gasteiger partial charge >= 0.3 is 0 Å². The fraction of sp³-hybridized carbons (Fsp3) is 0.286. The molecule has 0 radical (unpaired) electrons. The van der Waals surface area contributed by atoms with Crippen LogP contribution in [0.15, 0.2) is 53.7 Å². The number of aromatic nitrogens is 5. The van der Waals surface area contributed by atoms with E-state index in [0.29, 0.717) is 17.4 Å². The van der Waals surface area contributed by atoms with Crippen molar-refractivity contribution in [2.75, 3.05) is 6.54 Å². The Morgan fingerprint density at radius 3 is 2.97 bits per heavy atom. The molecule has 8 heteroatoms. The van der Waals surface area contributed by atoms with E-state index in [1.54, 1.807) is 11.0 Å². The summed E-state index contributed by atoms with van der Waals surface area (Å²) in [5.41, 5.74) is 2.18. The number of likely N-dealkylation sites (tertiary alicyclic amines) is 1. The molecule has 1 aromatic carbocycles. The summed E-state index contributed by atoms with van der Waals surface area (Å²) in [7, 11) is 0. The number of pyridine rings is 1. The van der Waals surface area contributed by atoms with Crippen molar-refractivity contribution in [1.82, 2.24) is 29.0 Å². The number of carbonyl (C=O) groups excluding carboxylic acids is 1. The third-order valence-corrected chi connectivity index (χ3v) is 5.57. The van der Waals surface area contributed by atoms with E-state index in [-0.39, 0.29) is 24.1 Å². The van der Waals surface area contributed by atoms with Gasteiger partial charge in [0.25, 0.3) is 5.56 Å². The van der Waals surface area contributed by atoms with Crippen molar-refractivity contribution in [3.8, 4) is 0 Å². The predicted octanol–water partition coefficient (Wildman–Crippen LogP) is 2.11. The molecule has 4 heterocycles. The number of fused-ring (bicyclic) bond motifs is 2. The van der Waals surface area contributed by atoms with Crippen LogP contribution in [0.25, 0.3) is 16.6 Å². The van der Waals surface area contributed by atoms with E-state index in [2.05, 4.69) is 15.2 Å². The van der Waals surface area contributed by atoms with Gasteiger partial charge in [-0.3, -0.25) is 18.6 Å². The van der Waals surface area contributed by atoms with Gasteiger partial charge in [-0.15, -0.1) is 10.2 Å². The van der Waals surface area contributed by atoms with E-state index < -0.39 is 0 Å². The molecule has 0 saturated carbocycles. The monoisotopic (exact) mass is 388 g/mol. The quantitative estimate of drug-likeness (QED) is 0.537. The zero-order chi connectivity index (χ0) is 20.0. The van der Waals surface area contributed by atoms with Crippen LogP contribution in [0.2, 0.25) is 0 Å². The Labute approximate surface area is 166 Å². The molecule has 1 aliphatic heterocycles. The molecule has 29 heavy (non-hydrogen) atoms. The van der Waals surface area contributed by atoms with Gasteiger partial charge in [-0.2, -0.15) is 0 Å². The highest BCUT2D eigenvalue weighted by Gasteiger charge is 2.33. The van der Waals surface area contributed by atoms with Gasteiger partial charge in [0.2, 0.25) is 5.91 Å². The van der Waals surface area contributed by atoms with E-state index >= 15 is 0 Å². The fourth-order valence-electron chi connectivity index (χ4n) is 4.11. The largest absolute Gasteiger partial charge is 0.331 e. The van der Waals surface area contributed by atoms with Crippen LogP contribution in [0.1, 0.15) is 30.3 Å². The van der Waals surface area contributed by atoms with Gasteiger partial charge in [-0.1, -0.05) is 18.2 Å². The van der Waals surface area contributed by atoms with E-state index in [1.165, 1.54) is 10.9 Å². The van der Waals surface area contributed by atoms with Crippen molar-refractivity contribution in [2.24, 2.45) is 0 Å². The fourth-order valence-corrected chi connectivity index (χ4v) is 4.11. The molecule has 1 saturated heterocycles. The first-order valence-corrected chi connectivity index (χ1v) is 9.67. The van der Waals surface area contributed by atoms with E-state index in [1.807, 2.05) is 47.9 Å². The Morgan fingerprint density at radius 1 is 1.17 bits per heavy atom. The minimum absolute atomic E-state index is 0.0387. The van der Waals surface area contributed by atoms with Gasteiger partial charge in [0.05, 0.1) is 23.3 Å². The third kappa shape index (κ3) is 2.88. The maximum absolute atomic E-state index is 13.1. The maximum atomic E-state index is 13.1. The summed E-state index contributed by atoms with van der Waals surface area (Å²) < 4.78 is 3.31. The minimum atomic E-state index is -0.198. The molecule has 8 nitrogen and oxygen atoms in total. The van der Waals surface area contributed by atoms with Gasteiger partial charge in [-0.25, -0.2) is 4.98 Å². The first-order valence-electron chi connectivity index (χ1n) is 9.67. The molecular weight excluding hydrogens is 368 g/mol. The second kappa shape index (κ2) is 6.80. The SMILES string of the molecule is Cc1cccc2c(=O)n(CC(=O)N3CCCC3c3nnc4ccccn34)cnc12. The Bertz CT molecular complexity index is 1290. The van der Waals surface area contributed by atoms with E-state index in [0.717, 1.165) is 29.9 Å². The average molecular weight is 388 g/mol. The summed E-state index contributed by atoms with van der Waals surface area (Å²) in [4.78, 5) is 32.1. The van der Waals surface area contributed by atoms with Gasteiger partial charge < -0.3 is 4.90 Å². The third-order valence-electron chi connectivity index (χ3n) is 5.57. The highest BCUT2D eigenvalue weighted by atomic mass is 16.2. The minimum Gasteiger partial charge on any atom is -0.331 e. The number of nitrogens with zero attached hydrogens (tertiary/aromatic N) is 6. The van der Waals surface area contributed by atoms with Gasteiger partial charge in [-0.05, 0) is 43.5 Å². The van der Waals surface area contributed by atoms with Crippen LogP contribution in [0, 0.1) is 6.92 Å². The topological polar surface area (TPSA) is 85.4 Å². The summed E-state index contributed by atoms with van der Waals surface area (Å²) in [5.74, 6) is 0.641. The van der Waals surface area contributed by atoms with Crippen molar-refractivity contribution in [3.63, 3.8) is 0 Å². The van der Waals surface area contributed by atoms with Crippen LogP contribution in [0.5, 0.6) is 0 Å². The predicted molar refractivity (Wildman–Crippen MR) is 107 cm³/mol. The number of benzene rings is 1. The molecule has 3 aromatic heterocycles. The van der Waals surface area contributed by atoms with Crippen molar-refractivity contribution in [1.29, 1.82) is 0 Å². The van der Waals surface area contributed by atoms with Crippen molar-refractivity contribution < 1.29 is 4.79 Å². The second-order valence-electron chi connectivity index (χ2n) is 7.38. The lowest BCUT2D eigenvalue weighted by molar-refractivity contribution is -0.133. The number of hydrogen-bond donors (Lipinski definition) is 0. The normalized spacial score (nSPS) is 16.7. The summed E-state index contributed by atoms with van der Waals surface area (Å²) in [5, 5.41) is 9.06. The highest BCUT2D eigenvalue weighted by Crippen LogP contribution is 2.31. The van der Waals surface area contributed by atoms with Crippen molar-refractivity contribution in [3.05, 3.63) is 70.7 Å². The number of amides is 1. The highest BCUT2D eigenvalue weighted by molar-refractivity contribution is 5.81. The molecule has 1 atom stereocenters. The number of hydrogen-bond acceptors (Lipinski definition) is 5. The Morgan fingerprint density at radius 2 is 2.07 bits per heavy atom. The molecule has 1 amide bonds. The van der Waals surface area contributed by atoms with E-state index in [9.17, 15) is 9.59 Å². The molecule has 1 aliphatic rings. The van der Waals surface area contributed by atoms with Crippen LogP contribution in [-0.4, -0.2) is 41.5 Å². The summed E-state index contributed by atoms with van der Waals surface area (Å²) >= 11 is 0. The zero-order valence-corrected chi connectivity index (χ0v) is 16.0. The first-order chi connectivity index (χ1) is 14.1. The van der Waals surface area contributed by atoms with Crippen LogP contribution in [0.3, 0.4) is 0 Å². The Kier molecular flexibility index (Phi) is 4.12. The smallest absolute Gasteiger partial charge is 0.261 e. The molecule has 5 rings (SSSR count). The molecule has 0 aliphatic carbocycles. The summed E-state index contributed by atoms with van der Waals surface area (Å²) in [6.07, 6.45) is 5.09. The molecule has 1 unspecified atom stereocenters. The summed E-state index contributed by atoms with van der Waals surface area (Å²) in [6.45, 7) is 2.52. The van der Waals surface area contributed by atoms with Crippen molar-refractivity contribution in [2.45, 2.75) is 32.4 Å². The lowest BCUT2D eigenvalue weighted by Gasteiger charge is -2.24. The van der Waals surface area contributed by atoms with Crippen LogP contribution in [-0.2, 0) is 11.3 Å². The van der Waals surface area contributed by atoms with Gasteiger partial charge in [0.15, 0.2) is 11.5 Å². The first kappa shape index (κ1) is 17.5. The molecule has 146 valence electrons. The lowest BCUT2D eigenvalue weighted by Crippen LogP contribution is -2.36. The molecule has 1 fully saturated rings. The van der Waals surface area contributed by atoms with E-state index in [4.69, 9.17) is 0 Å². The standard InChI is InChI=1S/C21H20N6O2/c1-14-6-4-7-15-19(14)22-13-25(21(15)29)12-18(28)26-11-5-8-16(26)20-24-23-17-9-2-3-10-27(17)20/h2-4,6-7,9-10,13,16H,5,8,11-12H2,1H3. The molecular formula is C21H20N6O2. The van der Waals surface area contributed by atoms with Crippen LogP contribution >= 0.6 is 0 Å². The van der Waals surface area contributed by atoms with Gasteiger partial charge in [0.1, 0.15) is 6.54 Å². The number of para-hydroxylation sites is 1. The molecule has 0 N–H and O–H groups in total. The van der Waals surface area contributed by atoms with Gasteiger partial charge in [0, 0.05) is 12.7 Å². The molecule has 4 aromatic rings. The Hall–Kier alpha value is -3.55. The number of aryl methyl sites for hydroxylation is 1. The number of carbonyl (C=O) groups is 1. The molecule has 0 bridgehead atoms. The number of rotatable bonds is 3. The maximum Gasteiger partial charge on any atom is 0.261 e. The second-order valence-corrected chi connectivity index (χ2v) is 7.38. The van der Waals surface area contributed by atoms with Crippen LogP contribution in [0.4, 0.5) is 0 Å². The zero-order valence-electron chi connectivity index (χ0n) is 16.0. The van der Waals surface area contributed by atoms with Crippen molar-refractivity contribution >= 4 is 22.5 Å². The Balaban J connectivity index is 1.45. The lowest BCUT2D eigenvalue weighted by atomic mass is 10.1. The molecule has 0 spiro atoms. The average Bonchev–Trinajstić information content (AvgIpc) is 3.37. The van der Waals surface area contributed by atoms with Crippen LogP contribution < -0.4 is 5.56 Å².